The first-order valence-electron chi connectivity index (χ1n) is 9.27. The van der Waals surface area contributed by atoms with Gasteiger partial charge >= 0.3 is 0 Å². The van der Waals surface area contributed by atoms with E-state index in [1.165, 1.54) is 14.9 Å². The zero-order valence-electron chi connectivity index (χ0n) is 15.8. The summed E-state index contributed by atoms with van der Waals surface area (Å²) in [7, 11) is 0. The predicted molar refractivity (Wildman–Crippen MR) is 146 cm³/mol. The zero-order chi connectivity index (χ0) is 21.5. The summed E-state index contributed by atoms with van der Waals surface area (Å²) in [6.45, 7) is 0.495. The first-order chi connectivity index (χ1) is 15.0. The zero-order valence-corrected chi connectivity index (χ0v) is 22.5. The highest BCUT2D eigenvalue weighted by Gasteiger charge is 2.12. The van der Waals surface area contributed by atoms with Crippen LogP contribution in [0.2, 0.25) is 0 Å². The van der Waals surface area contributed by atoms with Crippen molar-refractivity contribution in [3.63, 3.8) is 0 Å². The maximum Gasteiger partial charge on any atom is 0.274 e. The molecule has 0 spiro atoms. The minimum atomic E-state index is -0.0427. The molecule has 0 amide bonds. The second-order valence-corrected chi connectivity index (χ2v) is 11.1. The Morgan fingerprint density at radius 2 is 1.87 bits per heavy atom. The van der Waals surface area contributed by atoms with Crippen LogP contribution >= 0.6 is 72.4 Å². The van der Waals surface area contributed by atoms with Gasteiger partial charge in [-0.1, -0.05) is 35.6 Å². The van der Waals surface area contributed by atoms with Crippen molar-refractivity contribution in [2.45, 2.75) is 6.61 Å². The number of thiazole rings is 1. The third-order valence-electron chi connectivity index (χ3n) is 4.76. The number of imidazole rings is 1. The van der Waals surface area contributed by atoms with E-state index in [1.54, 1.807) is 4.40 Å². The molecule has 0 atom stereocenters. The molecule has 0 bridgehead atoms. The number of nitrogens with zero attached hydrogens (tertiary/aromatic N) is 2. The van der Waals surface area contributed by atoms with E-state index in [0.29, 0.717) is 16.1 Å². The quantitative estimate of drug-likeness (QED) is 0.215. The van der Waals surface area contributed by atoms with Crippen LogP contribution in [0.1, 0.15) is 11.1 Å². The van der Waals surface area contributed by atoms with E-state index in [4.69, 9.17) is 4.74 Å². The molecule has 0 unspecified atom stereocenters. The maximum absolute atomic E-state index is 13.0. The number of halogens is 3. The summed E-state index contributed by atoms with van der Waals surface area (Å²) in [6, 6.07) is 20.0. The lowest BCUT2D eigenvalue weighted by molar-refractivity contribution is 0.302. The molecule has 0 aliphatic rings. The highest BCUT2D eigenvalue weighted by Crippen LogP contribution is 2.33. The molecule has 0 saturated carbocycles. The van der Waals surface area contributed by atoms with Crippen LogP contribution in [0, 0.1) is 7.14 Å². The van der Waals surface area contributed by atoms with Crippen LogP contribution in [-0.2, 0) is 6.61 Å². The molecular formula is C23H13BrI2N2O2S. The summed E-state index contributed by atoms with van der Waals surface area (Å²) in [5, 5.41) is 0. The largest absolute Gasteiger partial charge is 0.487 e. The van der Waals surface area contributed by atoms with Crippen LogP contribution in [0.15, 0.2) is 69.9 Å². The maximum atomic E-state index is 13.0. The Hall–Kier alpha value is -1.50. The fraction of sp³-hybridized carbons (Fsp3) is 0.0435. The van der Waals surface area contributed by atoms with Gasteiger partial charge in [-0.05, 0) is 115 Å². The molecule has 2 heterocycles. The van der Waals surface area contributed by atoms with Crippen molar-refractivity contribution in [1.29, 1.82) is 0 Å². The molecule has 4 nitrogen and oxygen atoms in total. The van der Waals surface area contributed by atoms with E-state index in [1.807, 2.05) is 42.5 Å². The number of benzene rings is 3. The van der Waals surface area contributed by atoms with Crippen molar-refractivity contribution in [1.82, 2.24) is 9.38 Å². The summed E-state index contributed by atoms with van der Waals surface area (Å²) >= 11 is 9.59. The number of hydrogen-bond donors (Lipinski definition) is 0. The van der Waals surface area contributed by atoms with Crippen LogP contribution in [0.4, 0.5) is 0 Å². The predicted octanol–water partition coefficient (Wildman–Crippen LogP) is 6.01. The topological polar surface area (TPSA) is 43.6 Å². The Balaban J connectivity index is 1.48. The van der Waals surface area contributed by atoms with Crippen LogP contribution in [-0.4, -0.2) is 9.38 Å². The van der Waals surface area contributed by atoms with Gasteiger partial charge in [-0.15, -0.1) is 0 Å². The number of para-hydroxylation sites is 2. The van der Waals surface area contributed by atoms with Gasteiger partial charge in [0.2, 0.25) is 0 Å². The molecule has 3 aromatic carbocycles. The number of fused-ring (bicyclic) bond motifs is 3. The van der Waals surface area contributed by atoms with Crippen molar-refractivity contribution in [2.24, 2.45) is 0 Å². The SMILES string of the molecule is O=c1/c(=C/c2cc(Br)c(OCc3ccc(I)cc3)c(I)c2)sc2nc3ccccc3n12. The van der Waals surface area contributed by atoms with Crippen LogP contribution in [0.3, 0.4) is 0 Å². The Morgan fingerprint density at radius 1 is 1.10 bits per heavy atom. The van der Waals surface area contributed by atoms with Crippen LogP contribution < -0.4 is 14.8 Å². The standard InChI is InChI=1S/C23H13BrI2N2O2S/c24-16-9-14(10-17(26)21(16)30-12-13-5-7-15(25)8-6-13)11-20-22(29)28-19-4-2-1-3-18(19)27-23(28)31-20/h1-11H,12H2/b20-11-. The minimum Gasteiger partial charge on any atom is -0.487 e. The molecule has 8 heteroatoms. The lowest BCUT2D eigenvalue weighted by atomic mass is 10.2. The Kier molecular flexibility index (Phi) is 6.06. The summed E-state index contributed by atoms with van der Waals surface area (Å²) in [4.78, 5) is 18.3. The lowest BCUT2D eigenvalue weighted by Gasteiger charge is -2.11. The van der Waals surface area contributed by atoms with Gasteiger partial charge in [0, 0.05) is 3.57 Å². The first kappa shape index (κ1) is 21.4. The van der Waals surface area contributed by atoms with Crippen molar-refractivity contribution in [3.8, 4) is 5.75 Å². The molecule has 0 aliphatic heterocycles. The number of aromatic nitrogens is 2. The van der Waals surface area contributed by atoms with Crippen molar-refractivity contribution < 1.29 is 4.74 Å². The van der Waals surface area contributed by atoms with E-state index in [2.05, 4.69) is 90.4 Å². The Morgan fingerprint density at radius 3 is 2.65 bits per heavy atom. The van der Waals surface area contributed by atoms with Gasteiger partial charge in [0.1, 0.15) is 12.4 Å². The summed E-state index contributed by atoms with van der Waals surface area (Å²) in [5.41, 5.74) is 3.68. The molecule has 5 rings (SSSR count). The third kappa shape index (κ3) is 4.27. The van der Waals surface area contributed by atoms with Gasteiger partial charge in [-0.2, -0.15) is 0 Å². The van der Waals surface area contributed by atoms with Crippen molar-refractivity contribution in [3.05, 3.63) is 98.3 Å². The number of hydrogen-bond acceptors (Lipinski definition) is 4. The molecule has 5 aromatic rings. The average Bonchev–Trinajstić information content (AvgIpc) is 3.25. The third-order valence-corrected chi connectivity index (χ3v) is 7.84. The summed E-state index contributed by atoms with van der Waals surface area (Å²) < 4.78 is 11.4. The second-order valence-electron chi connectivity index (χ2n) is 6.86. The molecule has 0 radical (unpaired) electrons. The molecule has 0 aliphatic carbocycles. The Labute approximate surface area is 217 Å². The van der Waals surface area contributed by atoms with E-state index < -0.39 is 0 Å². The molecule has 0 fully saturated rings. The van der Waals surface area contributed by atoms with Gasteiger partial charge < -0.3 is 4.74 Å². The second kappa shape index (κ2) is 8.80. The Bertz CT molecular complexity index is 1520. The molecule has 0 N–H and O–H groups in total. The van der Waals surface area contributed by atoms with E-state index in [0.717, 1.165) is 36.0 Å². The van der Waals surface area contributed by atoms with Crippen LogP contribution in [0.25, 0.3) is 22.1 Å². The molecule has 0 saturated heterocycles. The first-order valence-corrected chi connectivity index (χ1v) is 13.0. The monoisotopic (exact) mass is 714 g/mol. The molecule has 154 valence electrons. The lowest BCUT2D eigenvalue weighted by Crippen LogP contribution is -2.22. The fourth-order valence-corrected chi connectivity index (χ4v) is 6.42. The van der Waals surface area contributed by atoms with Gasteiger partial charge in [0.15, 0.2) is 4.96 Å². The normalized spacial score (nSPS) is 12.2. The van der Waals surface area contributed by atoms with Crippen LogP contribution in [0.5, 0.6) is 5.75 Å². The van der Waals surface area contributed by atoms with Crippen molar-refractivity contribution in [2.75, 3.05) is 0 Å². The summed E-state index contributed by atoms with van der Waals surface area (Å²) in [5.74, 6) is 0.797. The molecule has 31 heavy (non-hydrogen) atoms. The van der Waals surface area contributed by atoms with E-state index >= 15 is 0 Å². The smallest absolute Gasteiger partial charge is 0.274 e. The highest BCUT2D eigenvalue weighted by molar-refractivity contribution is 14.1. The molecule has 2 aromatic heterocycles. The van der Waals surface area contributed by atoms with Crippen molar-refractivity contribution >= 4 is 94.5 Å². The average molecular weight is 715 g/mol. The summed E-state index contributed by atoms with van der Waals surface area (Å²) in [6.07, 6.45) is 1.91. The van der Waals surface area contributed by atoms with Gasteiger partial charge in [-0.25, -0.2) is 9.38 Å². The fourth-order valence-electron chi connectivity index (χ4n) is 3.30. The number of ether oxygens (including phenoxy) is 1. The van der Waals surface area contributed by atoms with E-state index in [-0.39, 0.29) is 5.56 Å². The van der Waals surface area contributed by atoms with E-state index in [9.17, 15) is 4.79 Å². The minimum absolute atomic E-state index is 0.0427. The highest BCUT2D eigenvalue weighted by atomic mass is 127. The van der Waals surface area contributed by atoms with Gasteiger partial charge in [0.25, 0.3) is 5.56 Å². The van der Waals surface area contributed by atoms with Gasteiger partial charge in [-0.3, -0.25) is 4.79 Å². The number of rotatable bonds is 4. The molecular weight excluding hydrogens is 702 g/mol. The van der Waals surface area contributed by atoms with Gasteiger partial charge in [0.05, 0.1) is 23.6 Å².